The molecule has 0 aromatic heterocycles. The molecule has 0 spiro atoms. The first-order chi connectivity index (χ1) is 10.2. The Kier molecular flexibility index (Phi) is 3.44. The standard InChI is InChI=1S/C17H15NO3/c1-11-3-8-14-16(9-11)21-10-15(18-14)12-4-6-13(7-5-12)17(19)20-2/h3-9H,10H2,1-2H3. The molecule has 0 amide bonds. The first kappa shape index (κ1) is 13.4. The molecular formula is C17H15NO3. The minimum atomic E-state index is -0.343. The summed E-state index contributed by atoms with van der Waals surface area (Å²) in [7, 11) is 1.37. The van der Waals surface area contributed by atoms with Crippen LogP contribution in [0.2, 0.25) is 0 Å². The summed E-state index contributed by atoms with van der Waals surface area (Å²) < 4.78 is 10.4. The number of ether oxygens (including phenoxy) is 2. The lowest BCUT2D eigenvalue weighted by atomic mass is 10.1. The van der Waals surface area contributed by atoms with E-state index in [0.29, 0.717) is 12.2 Å². The minimum Gasteiger partial charge on any atom is -0.485 e. The van der Waals surface area contributed by atoms with Gasteiger partial charge >= 0.3 is 5.97 Å². The Balaban J connectivity index is 1.91. The van der Waals surface area contributed by atoms with Crippen LogP contribution in [0.4, 0.5) is 5.69 Å². The molecule has 0 unspecified atom stereocenters. The Morgan fingerprint density at radius 3 is 2.67 bits per heavy atom. The highest BCUT2D eigenvalue weighted by molar-refractivity contribution is 6.05. The first-order valence-electron chi connectivity index (χ1n) is 6.67. The Labute approximate surface area is 123 Å². The van der Waals surface area contributed by atoms with Gasteiger partial charge in [-0.25, -0.2) is 9.79 Å². The number of carbonyl (C=O) groups is 1. The number of hydrogen-bond donors (Lipinski definition) is 0. The summed E-state index contributed by atoms with van der Waals surface area (Å²) in [5.41, 5.74) is 4.29. The van der Waals surface area contributed by atoms with Gasteiger partial charge in [-0.15, -0.1) is 0 Å². The third-order valence-corrected chi connectivity index (χ3v) is 3.37. The van der Waals surface area contributed by atoms with E-state index >= 15 is 0 Å². The number of aryl methyl sites for hydroxylation is 1. The van der Waals surface area contributed by atoms with Crippen LogP contribution in [0.15, 0.2) is 47.5 Å². The van der Waals surface area contributed by atoms with Gasteiger partial charge in [-0.2, -0.15) is 0 Å². The topological polar surface area (TPSA) is 47.9 Å². The van der Waals surface area contributed by atoms with Crippen LogP contribution < -0.4 is 4.74 Å². The number of rotatable bonds is 2. The second-order valence-electron chi connectivity index (χ2n) is 4.89. The van der Waals surface area contributed by atoms with Crippen molar-refractivity contribution in [1.29, 1.82) is 0 Å². The Morgan fingerprint density at radius 1 is 1.19 bits per heavy atom. The maximum atomic E-state index is 11.4. The average molecular weight is 281 g/mol. The van der Waals surface area contributed by atoms with E-state index < -0.39 is 0 Å². The number of carbonyl (C=O) groups excluding carboxylic acids is 1. The van der Waals surface area contributed by atoms with Crippen LogP contribution >= 0.6 is 0 Å². The molecule has 1 aliphatic rings. The van der Waals surface area contributed by atoms with Crippen molar-refractivity contribution in [2.24, 2.45) is 4.99 Å². The SMILES string of the molecule is COC(=O)c1ccc(C2=Nc3ccc(C)cc3OC2)cc1. The summed E-state index contributed by atoms with van der Waals surface area (Å²) in [5.74, 6) is 0.467. The quantitative estimate of drug-likeness (QED) is 0.794. The normalized spacial score (nSPS) is 13.0. The molecule has 21 heavy (non-hydrogen) atoms. The van der Waals surface area contributed by atoms with Gasteiger partial charge in [0, 0.05) is 0 Å². The van der Waals surface area contributed by atoms with E-state index in [-0.39, 0.29) is 5.97 Å². The summed E-state index contributed by atoms with van der Waals surface area (Å²) in [6, 6.07) is 13.1. The molecular weight excluding hydrogens is 266 g/mol. The number of esters is 1. The van der Waals surface area contributed by atoms with E-state index in [4.69, 9.17) is 4.74 Å². The molecule has 2 aromatic carbocycles. The van der Waals surface area contributed by atoms with Crippen LogP contribution in [0.25, 0.3) is 0 Å². The summed E-state index contributed by atoms with van der Waals surface area (Å²) in [5, 5.41) is 0. The van der Waals surface area contributed by atoms with E-state index in [2.05, 4.69) is 9.73 Å². The van der Waals surface area contributed by atoms with Crippen molar-refractivity contribution in [3.63, 3.8) is 0 Å². The van der Waals surface area contributed by atoms with Crippen LogP contribution in [-0.2, 0) is 4.74 Å². The molecule has 0 aliphatic carbocycles. The summed E-state index contributed by atoms with van der Waals surface area (Å²) in [6.07, 6.45) is 0. The smallest absolute Gasteiger partial charge is 0.337 e. The predicted octanol–water partition coefficient (Wildman–Crippen LogP) is 3.29. The molecule has 0 saturated carbocycles. The molecule has 0 fully saturated rings. The van der Waals surface area contributed by atoms with Gasteiger partial charge in [0.25, 0.3) is 0 Å². The van der Waals surface area contributed by atoms with Crippen LogP contribution in [-0.4, -0.2) is 25.4 Å². The molecule has 106 valence electrons. The minimum absolute atomic E-state index is 0.343. The van der Waals surface area contributed by atoms with Gasteiger partial charge in [0.05, 0.1) is 18.4 Å². The highest BCUT2D eigenvalue weighted by Gasteiger charge is 2.15. The second-order valence-corrected chi connectivity index (χ2v) is 4.89. The van der Waals surface area contributed by atoms with Crippen molar-refractivity contribution in [2.45, 2.75) is 6.92 Å². The Morgan fingerprint density at radius 2 is 1.95 bits per heavy atom. The Hall–Kier alpha value is -2.62. The van der Waals surface area contributed by atoms with Crippen LogP contribution in [0, 0.1) is 6.92 Å². The van der Waals surface area contributed by atoms with Crippen molar-refractivity contribution in [1.82, 2.24) is 0 Å². The lowest BCUT2D eigenvalue weighted by Crippen LogP contribution is -2.16. The highest BCUT2D eigenvalue weighted by atomic mass is 16.5. The molecule has 2 aromatic rings. The maximum absolute atomic E-state index is 11.4. The van der Waals surface area contributed by atoms with Crippen LogP contribution in [0.5, 0.6) is 5.75 Å². The molecule has 1 aliphatic heterocycles. The fourth-order valence-corrected chi connectivity index (χ4v) is 2.22. The highest BCUT2D eigenvalue weighted by Crippen LogP contribution is 2.32. The molecule has 4 nitrogen and oxygen atoms in total. The van der Waals surface area contributed by atoms with Crippen molar-refractivity contribution in [3.8, 4) is 5.75 Å². The lowest BCUT2D eigenvalue weighted by molar-refractivity contribution is 0.0600. The van der Waals surface area contributed by atoms with Gasteiger partial charge in [0.15, 0.2) is 0 Å². The monoisotopic (exact) mass is 281 g/mol. The van der Waals surface area contributed by atoms with E-state index in [1.54, 1.807) is 12.1 Å². The zero-order valence-electron chi connectivity index (χ0n) is 11.9. The molecule has 0 radical (unpaired) electrons. The number of benzene rings is 2. The second kappa shape index (κ2) is 5.40. The van der Waals surface area contributed by atoms with Crippen molar-refractivity contribution in [2.75, 3.05) is 13.7 Å². The van der Waals surface area contributed by atoms with Crippen molar-refractivity contribution in [3.05, 3.63) is 59.2 Å². The number of methoxy groups -OCH3 is 1. The van der Waals surface area contributed by atoms with Gasteiger partial charge in [-0.05, 0) is 42.3 Å². The summed E-state index contributed by atoms with van der Waals surface area (Å²) in [6.45, 7) is 2.45. The maximum Gasteiger partial charge on any atom is 0.337 e. The van der Waals surface area contributed by atoms with Crippen molar-refractivity contribution < 1.29 is 14.3 Å². The molecule has 0 bridgehead atoms. The van der Waals surface area contributed by atoms with Crippen molar-refractivity contribution >= 4 is 17.4 Å². The zero-order chi connectivity index (χ0) is 14.8. The number of fused-ring (bicyclic) bond motifs is 1. The number of nitrogens with zero attached hydrogens (tertiary/aromatic N) is 1. The molecule has 0 atom stereocenters. The van der Waals surface area contributed by atoms with E-state index in [9.17, 15) is 4.79 Å². The van der Waals surface area contributed by atoms with Gasteiger partial charge < -0.3 is 9.47 Å². The fourth-order valence-electron chi connectivity index (χ4n) is 2.22. The number of aliphatic imine (C=N–C) groups is 1. The predicted molar refractivity (Wildman–Crippen MR) is 80.7 cm³/mol. The third kappa shape index (κ3) is 2.65. The first-order valence-corrected chi connectivity index (χ1v) is 6.67. The third-order valence-electron chi connectivity index (χ3n) is 3.37. The number of hydrogen-bond acceptors (Lipinski definition) is 4. The molecule has 3 rings (SSSR count). The summed E-state index contributed by atoms with van der Waals surface area (Å²) in [4.78, 5) is 16.0. The van der Waals surface area contributed by atoms with Gasteiger partial charge in [-0.1, -0.05) is 18.2 Å². The molecule has 0 saturated heterocycles. The van der Waals surface area contributed by atoms with Gasteiger partial charge in [0.1, 0.15) is 18.0 Å². The average Bonchev–Trinajstić information content (AvgIpc) is 2.53. The van der Waals surface area contributed by atoms with Gasteiger partial charge in [0.2, 0.25) is 0 Å². The Bertz CT molecular complexity index is 717. The molecule has 4 heteroatoms. The fraction of sp³-hybridized carbons (Fsp3) is 0.176. The lowest BCUT2D eigenvalue weighted by Gasteiger charge is -2.17. The van der Waals surface area contributed by atoms with E-state index in [0.717, 1.165) is 28.3 Å². The van der Waals surface area contributed by atoms with Crippen LogP contribution in [0.1, 0.15) is 21.5 Å². The molecule has 0 N–H and O–H groups in total. The van der Waals surface area contributed by atoms with Gasteiger partial charge in [-0.3, -0.25) is 0 Å². The molecule has 1 heterocycles. The largest absolute Gasteiger partial charge is 0.485 e. The van der Waals surface area contributed by atoms with E-state index in [1.165, 1.54) is 7.11 Å². The zero-order valence-corrected chi connectivity index (χ0v) is 11.9. The van der Waals surface area contributed by atoms with Crippen LogP contribution in [0.3, 0.4) is 0 Å². The summed E-state index contributed by atoms with van der Waals surface area (Å²) >= 11 is 0. The van der Waals surface area contributed by atoms with E-state index in [1.807, 2.05) is 37.3 Å².